The van der Waals surface area contributed by atoms with E-state index in [1.165, 1.54) is 12.3 Å². The quantitative estimate of drug-likeness (QED) is 0.620. The maximum atomic E-state index is 11.8. The van der Waals surface area contributed by atoms with Gasteiger partial charge in [-0.15, -0.1) is 0 Å². The molecule has 2 heterocycles. The number of nitrogens with zero attached hydrogens (tertiary/aromatic N) is 1. The van der Waals surface area contributed by atoms with Crippen LogP contribution in [0.2, 0.25) is 0 Å². The summed E-state index contributed by atoms with van der Waals surface area (Å²) >= 11 is 0. The first kappa shape index (κ1) is 14.1. The second-order valence-electron chi connectivity index (χ2n) is 4.32. The first-order valence-corrected chi connectivity index (χ1v) is 6.17. The number of ether oxygens (including phenoxy) is 1. The number of rotatable bonds is 7. The SMILES string of the molecule is C=C(C)COCCNC(=O)c1cc(-c2ccco2)on1. The van der Waals surface area contributed by atoms with E-state index in [2.05, 4.69) is 17.1 Å². The van der Waals surface area contributed by atoms with Gasteiger partial charge in [0, 0.05) is 12.6 Å². The van der Waals surface area contributed by atoms with Crippen LogP contribution in [0.4, 0.5) is 0 Å². The molecule has 1 amide bonds. The van der Waals surface area contributed by atoms with Gasteiger partial charge in [0.25, 0.3) is 5.91 Å². The molecule has 0 fully saturated rings. The van der Waals surface area contributed by atoms with Gasteiger partial charge < -0.3 is 19.0 Å². The van der Waals surface area contributed by atoms with Crippen LogP contribution in [-0.4, -0.2) is 30.8 Å². The summed E-state index contributed by atoms with van der Waals surface area (Å²) in [5.74, 6) is 0.630. The van der Waals surface area contributed by atoms with Gasteiger partial charge in [-0.25, -0.2) is 0 Å². The minimum absolute atomic E-state index is 0.205. The third-order valence-electron chi connectivity index (χ3n) is 2.39. The Morgan fingerprint density at radius 1 is 1.50 bits per heavy atom. The van der Waals surface area contributed by atoms with E-state index in [1.54, 1.807) is 12.1 Å². The highest BCUT2D eigenvalue weighted by Gasteiger charge is 2.14. The van der Waals surface area contributed by atoms with Crippen LogP contribution < -0.4 is 5.32 Å². The van der Waals surface area contributed by atoms with E-state index in [9.17, 15) is 4.79 Å². The van der Waals surface area contributed by atoms with Crippen molar-refractivity contribution in [3.8, 4) is 11.5 Å². The molecular formula is C14H16N2O4. The molecule has 0 saturated heterocycles. The van der Waals surface area contributed by atoms with Gasteiger partial charge in [0.05, 0.1) is 19.5 Å². The summed E-state index contributed by atoms with van der Waals surface area (Å²) in [5.41, 5.74) is 1.15. The molecule has 2 rings (SSSR count). The number of hydrogen-bond donors (Lipinski definition) is 1. The van der Waals surface area contributed by atoms with Crippen LogP contribution in [0.3, 0.4) is 0 Å². The van der Waals surface area contributed by atoms with Crippen molar-refractivity contribution in [3.05, 3.63) is 42.3 Å². The van der Waals surface area contributed by atoms with E-state index in [0.29, 0.717) is 31.3 Å². The largest absolute Gasteiger partial charge is 0.461 e. The Balaban J connectivity index is 1.80. The zero-order chi connectivity index (χ0) is 14.4. The number of aromatic nitrogens is 1. The molecular weight excluding hydrogens is 260 g/mol. The van der Waals surface area contributed by atoms with Crippen molar-refractivity contribution in [2.24, 2.45) is 0 Å². The number of amides is 1. The number of nitrogens with one attached hydrogen (secondary N) is 1. The predicted molar refractivity (Wildman–Crippen MR) is 72.2 cm³/mol. The zero-order valence-electron chi connectivity index (χ0n) is 11.2. The van der Waals surface area contributed by atoms with Gasteiger partial charge in [-0.3, -0.25) is 4.79 Å². The number of carbonyl (C=O) groups excluding carboxylic acids is 1. The highest BCUT2D eigenvalue weighted by molar-refractivity contribution is 5.92. The Morgan fingerprint density at radius 3 is 3.05 bits per heavy atom. The second-order valence-corrected chi connectivity index (χ2v) is 4.32. The van der Waals surface area contributed by atoms with Crippen molar-refractivity contribution in [2.45, 2.75) is 6.92 Å². The number of carbonyl (C=O) groups is 1. The van der Waals surface area contributed by atoms with Gasteiger partial charge in [0.15, 0.2) is 11.5 Å². The predicted octanol–water partition coefficient (Wildman–Crippen LogP) is 2.26. The van der Waals surface area contributed by atoms with Gasteiger partial charge >= 0.3 is 0 Å². The van der Waals surface area contributed by atoms with Crippen molar-refractivity contribution >= 4 is 5.91 Å². The molecule has 106 valence electrons. The molecule has 2 aromatic heterocycles. The van der Waals surface area contributed by atoms with Crippen molar-refractivity contribution in [1.29, 1.82) is 0 Å². The van der Waals surface area contributed by atoms with Gasteiger partial charge in [0.1, 0.15) is 0 Å². The molecule has 0 aliphatic heterocycles. The lowest BCUT2D eigenvalue weighted by atomic mass is 10.3. The average molecular weight is 276 g/mol. The topological polar surface area (TPSA) is 77.5 Å². The van der Waals surface area contributed by atoms with Crippen molar-refractivity contribution in [3.63, 3.8) is 0 Å². The summed E-state index contributed by atoms with van der Waals surface area (Å²) in [6, 6.07) is 4.99. The lowest BCUT2D eigenvalue weighted by molar-refractivity contribution is 0.0918. The van der Waals surface area contributed by atoms with E-state index < -0.39 is 0 Å². The summed E-state index contributed by atoms with van der Waals surface area (Å²) in [7, 11) is 0. The summed E-state index contributed by atoms with van der Waals surface area (Å²) in [4.78, 5) is 11.8. The Hall–Kier alpha value is -2.34. The molecule has 0 atom stereocenters. The molecule has 6 nitrogen and oxygen atoms in total. The summed E-state index contributed by atoms with van der Waals surface area (Å²) < 4.78 is 15.5. The van der Waals surface area contributed by atoms with Gasteiger partial charge in [-0.2, -0.15) is 0 Å². The van der Waals surface area contributed by atoms with Crippen LogP contribution in [0.15, 0.2) is 45.6 Å². The third-order valence-corrected chi connectivity index (χ3v) is 2.39. The Kier molecular flexibility index (Phi) is 4.73. The first-order chi connectivity index (χ1) is 9.66. The lowest BCUT2D eigenvalue weighted by Crippen LogP contribution is -2.27. The molecule has 0 saturated carbocycles. The fourth-order valence-electron chi connectivity index (χ4n) is 1.49. The molecule has 0 spiro atoms. The highest BCUT2D eigenvalue weighted by atomic mass is 16.5. The van der Waals surface area contributed by atoms with E-state index in [4.69, 9.17) is 13.7 Å². The third kappa shape index (κ3) is 3.83. The Morgan fingerprint density at radius 2 is 2.35 bits per heavy atom. The van der Waals surface area contributed by atoms with Crippen LogP contribution in [0.25, 0.3) is 11.5 Å². The Bertz CT molecular complexity index is 572. The lowest BCUT2D eigenvalue weighted by Gasteiger charge is -2.04. The molecule has 0 radical (unpaired) electrons. The molecule has 0 unspecified atom stereocenters. The van der Waals surface area contributed by atoms with Crippen LogP contribution in [0.1, 0.15) is 17.4 Å². The molecule has 2 aromatic rings. The van der Waals surface area contributed by atoms with E-state index in [1.807, 2.05) is 6.92 Å². The minimum atomic E-state index is -0.314. The molecule has 20 heavy (non-hydrogen) atoms. The monoisotopic (exact) mass is 276 g/mol. The fourth-order valence-corrected chi connectivity index (χ4v) is 1.49. The van der Waals surface area contributed by atoms with Crippen LogP contribution in [0, 0.1) is 0 Å². The van der Waals surface area contributed by atoms with E-state index >= 15 is 0 Å². The van der Waals surface area contributed by atoms with Crippen LogP contribution >= 0.6 is 0 Å². The highest BCUT2D eigenvalue weighted by Crippen LogP contribution is 2.20. The second kappa shape index (κ2) is 6.72. The standard InChI is InChI=1S/C14H16N2O4/c1-10(2)9-18-7-5-15-14(17)11-8-13(20-16-11)12-4-3-6-19-12/h3-4,6,8H,1,5,7,9H2,2H3,(H,15,17). The molecule has 0 aromatic carbocycles. The molecule has 0 aliphatic rings. The molecule has 0 aliphatic carbocycles. The van der Waals surface area contributed by atoms with E-state index in [-0.39, 0.29) is 11.6 Å². The normalized spacial score (nSPS) is 10.4. The average Bonchev–Trinajstić information content (AvgIpc) is 3.08. The van der Waals surface area contributed by atoms with Crippen molar-refractivity contribution in [2.75, 3.05) is 19.8 Å². The van der Waals surface area contributed by atoms with Crippen molar-refractivity contribution in [1.82, 2.24) is 10.5 Å². The molecule has 0 bridgehead atoms. The first-order valence-electron chi connectivity index (χ1n) is 6.17. The van der Waals surface area contributed by atoms with Gasteiger partial charge in [-0.05, 0) is 19.1 Å². The maximum Gasteiger partial charge on any atom is 0.273 e. The van der Waals surface area contributed by atoms with Crippen LogP contribution in [-0.2, 0) is 4.74 Å². The molecule has 1 N–H and O–H groups in total. The number of hydrogen-bond acceptors (Lipinski definition) is 5. The summed E-state index contributed by atoms with van der Waals surface area (Å²) in [5, 5.41) is 6.38. The summed E-state index contributed by atoms with van der Waals surface area (Å²) in [6.45, 7) is 6.90. The fraction of sp³-hybridized carbons (Fsp3) is 0.286. The van der Waals surface area contributed by atoms with Gasteiger partial charge in [-0.1, -0.05) is 17.3 Å². The minimum Gasteiger partial charge on any atom is -0.461 e. The van der Waals surface area contributed by atoms with Crippen molar-refractivity contribution < 1.29 is 18.5 Å². The maximum absolute atomic E-state index is 11.8. The van der Waals surface area contributed by atoms with Crippen LogP contribution in [0.5, 0.6) is 0 Å². The summed E-state index contributed by atoms with van der Waals surface area (Å²) in [6.07, 6.45) is 1.52. The van der Waals surface area contributed by atoms with E-state index in [0.717, 1.165) is 5.57 Å². The van der Waals surface area contributed by atoms with Gasteiger partial charge in [0.2, 0.25) is 5.76 Å². The smallest absolute Gasteiger partial charge is 0.273 e. The number of furan rings is 1. The molecule has 6 heteroatoms. The zero-order valence-corrected chi connectivity index (χ0v) is 11.2. The Labute approximate surface area is 116 Å².